The van der Waals surface area contributed by atoms with Crippen molar-refractivity contribution in [3.8, 4) is 0 Å². The van der Waals surface area contributed by atoms with Gasteiger partial charge in [0.2, 0.25) is 0 Å². The summed E-state index contributed by atoms with van der Waals surface area (Å²) in [5, 5.41) is 4.05. The Bertz CT molecular complexity index is 575. The summed E-state index contributed by atoms with van der Waals surface area (Å²) < 4.78 is 1.99. The summed E-state index contributed by atoms with van der Waals surface area (Å²) in [6, 6.07) is 9.98. The average molecular weight is 405 g/mol. The van der Waals surface area contributed by atoms with E-state index in [0.717, 1.165) is 31.6 Å². The number of halogens is 3. The highest BCUT2D eigenvalue weighted by molar-refractivity contribution is 9.10. The summed E-state index contributed by atoms with van der Waals surface area (Å²) in [5.74, 6) is 0. The molecule has 0 saturated carbocycles. The highest BCUT2D eigenvalue weighted by atomic mass is 79.9. The van der Waals surface area contributed by atoms with E-state index in [0.29, 0.717) is 0 Å². The molecule has 0 spiro atoms. The molecule has 1 N–H and O–H groups in total. The number of likely N-dealkylation sites (N-methyl/N-ethyl adjacent to an activating group) is 1. The standard InChI is InChI=1S/C14H13Br2ClN2/c1-18-13(14-11(16)3-2-6-19-14)7-9-4-5-10(15)8-12(9)17/h2-6,8,13,18H,7H2,1H3. The van der Waals surface area contributed by atoms with Crippen LogP contribution in [0.2, 0.25) is 5.02 Å². The smallest absolute Gasteiger partial charge is 0.0718 e. The summed E-state index contributed by atoms with van der Waals surface area (Å²) >= 11 is 13.2. The molecule has 0 amide bonds. The molecular weight excluding hydrogens is 391 g/mol. The van der Waals surface area contributed by atoms with E-state index in [4.69, 9.17) is 11.6 Å². The second-order valence-corrected chi connectivity index (χ2v) is 6.33. The van der Waals surface area contributed by atoms with Gasteiger partial charge in [0, 0.05) is 20.2 Å². The topological polar surface area (TPSA) is 24.9 Å². The Labute approximate surface area is 134 Å². The molecule has 0 bridgehead atoms. The van der Waals surface area contributed by atoms with E-state index in [1.165, 1.54) is 0 Å². The molecule has 5 heteroatoms. The third-order valence-corrected chi connectivity index (χ3v) is 4.42. The number of nitrogens with zero attached hydrogens (tertiary/aromatic N) is 1. The molecule has 0 saturated heterocycles. The average Bonchev–Trinajstić information content (AvgIpc) is 2.39. The van der Waals surface area contributed by atoms with Crippen molar-refractivity contribution in [1.29, 1.82) is 0 Å². The molecule has 19 heavy (non-hydrogen) atoms. The molecule has 1 unspecified atom stereocenters. The largest absolute Gasteiger partial charge is 0.311 e. The van der Waals surface area contributed by atoms with Crippen LogP contribution in [-0.4, -0.2) is 12.0 Å². The van der Waals surface area contributed by atoms with E-state index in [2.05, 4.69) is 42.2 Å². The van der Waals surface area contributed by atoms with Crippen LogP contribution in [0.5, 0.6) is 0 Å². The van der Waals surface area contributed by atoms with Crippen LogP contribution >= 0.6 is 43.5 Å². The lowest BCUT2D eigenvalue weighted by Crippen LogP contribution is -2.20. The minimum atomic E-state index is 0.120. The number of rotatable bonds is 4. The molecule has 0 aliphatic rings. The monoisotopic (exact) mass is 402 g/mol. The zero-order chi connectivity index (χ0) is 13.8. The first kappa shape index (κ1) is 15.0. The molecule has 0 fully saturated rings. The van der Waals surface area contributed by atoms with E-state index in [1.807, 2.05) is 37.4 Å². The minimum Gasteiger partial charge on any atom is -0.311 e. The Morgan fingerprint density at radius 2 is 2.11 bits per heavy atom. The van der Waals surface area contributed by atoms with E-state index >= 15 is 0 Å². The highest BCUT2D eigenvalue weighted by Gasteiger charge is 2.16. The summed E-state index contributed by atoms with van der Waals surface area (Å²) in [7, 11) is 1.93. The van der Waals surface area contributed by atoms with Crippen LogP contribution < -0.4 is 5.32 Å². The molecule has 2 rings (SSSR count). The molecule has 100 valence electrons. The number of hydrogen-bond acceptors (Lipinski definition) is 2. The maximum atomic E-state index is 6.27. The van der Waals surface area contributed by atoms with Gasteiger partial charge in [-0.3, -0.25) is 4.98 Å². The van der Waals surface area contributed by atoms with E-state index in [1.54, 1.807) is 6.20 Å². The molecule has 1 atom stereocenters. The molecule has 1 aromatic carbocycles. The number of aromatic nitrogens is 1. The number of hydrogen-bond donors (Lipinski definition) is 1. The number of nitrogens with one attached hydrogen (secondary N) is 1. The molecule has 0 aliphatic heterocycles. The highest BCUT2D eigenvalue weighted by Crippen LogP contribution is 2.28. The molecule has 0 radical (unpaired) electrons. The van der Waals surface area contributed by atoms with Gasteiger partial charge in [-0.1, -0.05) is 33.6 Å². The van der Waals surface area contributed by atoms with Crippen molar-refractivity contribution in [2.45, 2.75) is 12.5 Å². The molecule has 1 heterocycles. The molecular formula is C14H13Br2ClN2. The Morgan fingerprint density at radius 3 is 2.74 bits per heavy atom. The van der Waals surface area contributed by atoms with Crippen molar-refractivity contribution in [2.24, 2.45) is 0 Å². The van der Waals surface area contributed by atoms with E-state index < -0.39 is 0 Å². The summed E-state index contributed by atoms with van der Waals surface area (Å²) in [5.41, 5.74) is 2.09. The lowest BCUT2D eigenvalue weighted by Gasteiger charge is -2.17. The Kier molecular flexibility index (Phi) is 5.39. The van der Waals surface area contributed by atoms with Crippen molar-refractivity contribution in [1.82, 2.24) is 10.3 Å². The Balaban J connectivity index is 2.27. The first-order valence-electron chi connectivity index (χ1n) is 5.83. The lowest BCUT2D eigenvalue weighted by molar-refractivity contribution is 0.573. The van der Waals surface area contributed by atoms with Gasteiger partial charge in [-0.15, -0.1) is 0 Å². The van der Waals surface area contributed by atoms with Gasteiger partial charge in [-0.25, -0.2) is 0 Å². The van der Waals surface area contributed by atoms with Gasteiger partial charge in [0.1, 0.15) is 0 Å². The molecule has 1 aromatic heterocycles. The fourth-order valence-corrected chi connectivity index (χ4v) is 3.18. The van der Waals surface area contributed by atoms with Crippen LogP contribution in [-0.2, 0) is 6.42 Å². The minimum absolute atomic E-state index is 0.120. The predicted molar refractivity (Wildman–Crippen MR) is 86.6 cm³/mol. The van der Waals surface area contributed by atoms with Gasteiger partial charge < -0.3 is 5.32 Å². The van der Waals surface area contributed by atoms with Gasteiger partial charge in [0.15, 0.2) is 0 Å². The first-order valence-corrected chi connectivity index (χ1v) is 7.80. The van der Waals surface area contributed by atoms with Gasteiger partial charge >= 0.3 is 0 Å². The summed E-state index contributed by atoms with van der Waals surface area (Å²) in [6.07, 6.45) is 2.59. The molecule has 2 nitrogen and oxygen atoms in total. The molecule has 2 aromatic rings. The SMILES string of the molecule is CNC(Cc1ccc(Br)cc1Cl)c1ncccc1Br. The molecule has 0 aliphatic carbocycles. The van der Waals surface area contributed by atoms with Crippen LogP contribution in [0.4, 0.5) is 0 Å². The van der Waals surface area contributed by atoms with Crippen molar-refractivity contribution in [3.05, 3.63) is 61.8 Å². The van der Waals surface area contributed by atoms with E-state index in [9.17, 15) is 0 Å². The van der Waals surface area contributed by atoms with Gasteiger partial charge in [0.05, 0.1) is 11.7 Å². The normalized spacial score (nSPS) is 12.4. The Morgan fingerprint density at radius 1 is 1.32 bits per heavy atom. The third kappa shape index (κ3) is 3.78. The lowest BCUT2D eigenvalue weighted by atomic mass is 10.0. The van der Waals surface area contributed by atoms with Crippen molar-refractivity contribution in [2.75, 3.05) is 7.05 Å². The van der Waals surface area contributed by atoms with Crippen LogP contribution in [0.25, 0.3) is 0 Å². The summed E-state index contributed by atoms with van der Waals surface area (Å²) in [6.45, 7) is 0. The first-order chi connectivity index (χ1) is 9.11. The summed E-state index contributed by atoms with van der Waals surface area (Å²) in [4.78, 5) is 4.43. The van der Waals surface area contributed by atoms with Crippen molar-refractivity contribution in [3.63, 3.8) is 0 Å². The second kappa shape index (κ2) is 6.84. The van der Waals surface area contributed by atoms with Gasteiger partial charge in [-0.2, -0.15) is 0 Å². The van der Waals surface area contributed by atoms with Crippen LogP contribution in [0.15, 0.2) is 45.5 Å². The van der Waals surface area contributed by atoms with Crippen LogP contribution in [0.3, 0.4) is 0 Å². The van der Waals surface area contributed by atoms with Crippen LogP contribution in [0.1, 0.15) is 17.3 Å². The second-order valence-electron chi connectivity index (χ2n) is 4.15. The predicted octanol–water partition coefficient (Wildman–Crippen LogP) is 4.76. The quantitative estimate of drug-likeness (QED) is 0.795. The van der Waals surface area contributed by atoms with Gasteiger partial charge in [0.25, 0.3) is 0 Å². The Hall–Kier alpha value is -0.420. The van der Waals surface area contributed by atoms with Crippen LogP contribution in [0, 0.1) is 0 Å². The fourth-order valence-electron chi connectivity index (χ4n) is 1.90. The maximum Gasteiger partial charge on any atom is 0.0718 e. The zero-order valence-electron chi connectivity index (χ0n) is 10.3. The van der Waals surface area contributed by atoms with Gasteiger partial charge in [-0.05, 0) is 59.2 Å². The number of benzene rings is 1. The number of pyridine rings is 1. The van der Waals surface area contributed by atoms with E-state index in [-0.39, 0.29) is 6.04 Å². The van der Waals surface area contributed by atoms with Crippen molar-refractivity contribution >= 4 is 43.5 Å². The fraction of sp³-hybridized carbons (Fsp3) is 0.214. The van der Waals surface area contributed by atoms with Crippen molar-refractivity contribution < 1.29 is 0 Å². The zero-order valence-corrected chi connectivity index (χ0v) is 14.3. The maximum absolute atomic E-state index is 6.27. The third-order valence-electron chi connectivity index (χ3n) is 2.90.